The Morgan fingerprint density at radius 1 is 1.02 bits per heavy atom. The number of amides is 1. The number of carbonyl (C=O) groups is 3. The average molecular weight is 776 g/mol. The minimum absolute atomic E-state index is 0.0636. The van der Waals surface area contributed by atoms with E-state index in [9.17, 15) is 19.5 Å². The lowest BCUT2D eigenvalue weighted by Gasteiger charge is -2.71. The van der Waals surface area contributed by atoms with Gasteiger partial charge in [0.15, 0.2) is 0 Å². The van der Waals surface area contributed by atoms with E-state index in [2.05, 4.69) is 53.4 Å². The van der Waals surface area contributed by atoms with Gasteiger partial charge >= 0.3 is 11.9 Å². The second-order valence-electron chi connectivity index (χ2n) is 18.1. The van der Waals surface area contributed by atoms with Crippen molar-refractivity contribution < 1.29 is 38.4 Å². The Hall–Kier alpha value is -1.98. The Morgan fingerprint density at radius 2 is 1.77 bits per heavy atom. The van der Waals surface area contributed by atoms with E-state index in [-0.39, 0.29) is 78.0 Å². The molecule has 4 aliphatic carbocycles. The molecule has 9 nitrogen and oxygen atoms in total. The molecule has 2 N–H and O–H groups in total. The Bertz CT molecular complexity index is 1560. The third-order valence-electron chi connectivity index (χ3n) is 15.2. The van der Waals surface area contributed by atoms with E-state index in [1.807, 2.05) is 6.92 Å². The van der Waals surface area contributed by atoms with Crippen molar-refractivity contribution in [2.75, 3.05) is 33.0 Å². The lowest BCUT2D eigenvalue weighted by molar-refractivity contribution is -0.253. The highest BCUT2D eigenvalue weighted by Crippen LogP contribution is 2.77. The van der Waals surface area contributed by atoms with Crippen molar-refractivity contribution in [1.82, 2.24) is 5.32 Å². The molecule has 1 aromatic heterocycles. The van der Waals surface area contributed by atoms with Crippen LogP contribution in [-0.2, 0) is 28.5 Å². The number of nitrogens with one attached hydrogen (secondary N) is 1. The van der Waals surface area contributed by atoms with Crippen LogP contribution in [0.4, 0.5) is 0 Å². The smallest absolute Gasteiger partial charge is 0.348 e. The first-order valence-corrected chi connectivity index (χ1v) is 21.2. The number of halogens is 1. The van der Waals surface area contributed by atoms with Crippen molar-refractivity contribution in [3.63, 3.8) is 0 Å². The fourth-order valence-corrected chi connectivity index (χ4v) is 13.9. The summed E-state index contributed by atoms with van der Waals surface area (Å²) < 4.78 is 23.4. The van der Waals surface area contributed by atoms with Gasteiger partial charge in [-0.15, -0.1) is 11.3 Å². The predicted molar refractivity (Wildman–Crippen MR) is 206 cm³/mol. The van der Waals surface area contributed by atoms with Gasteiger partial charge in [-0.05, 0) is 119 Å². The van der Waals surface area contributed by atoms with Crippen LogP contribution in [-0.4, -0.2) is 73.7 Å². The van der Waals surface area contributed by atoms with Crippen molar-refractivity contribution in [2.24, 2.45) is 51.2 Å². The maximum atomic E-state index is 14.4. The number of esters is 2. The maximum Gasteiger partial charge on any atom is 0.348 e. The first-order chi connectivity index (χ1) is 25.0. The normalized spacial score (nSPS) is 39.6. The minimum Gasteiger partial charge on any atom is -0.466 e. The summed E-state index contributed by atoms with van der Waals surface area (Å²) in [5.74, 6) is -0.0437. The molecule has 2 heterocycles. The first kappa shape index (κ1) is 40.7. The summed E-state index contributed by atoms with van der Waals surface area (Å²) in [5.41, 5.74) is -0.627. The van der Waals surface area contributed by atoms with E-state index in [0.29, 0.717) is 36.1 Å². The van der Waals surface area contributed by atoms with Gasteiger partial charge in [0.05, 0.1) is 54.5 Å². The molecule has 53 heavy (non-hydrogen) atoms. The van der Waals surface area contributed by atoms with Crippen LogP contribution < -0.4 is 5.32 Å². The molecule has 5 fully saturated rings. The van der Waals surface area contributed by atoms with Gasteiger partial charge in [-0.25, -0.2) is 4.79 Å². The van der Waals surface area contributed by atoms with E-state index in [0.717, 1.165) is 50.5 Å². The van der Waals surface area contributed by atoms with Crippen LogP contribution in [0.15, 0.2) is 23.6 Å². The Kier molecular flexibility index (Phi) is 11.6. The molecule has 2 unspecified atom stereocenters. The molecule has 11 atom stereocenters. The number of hydrogen-bond donors (Lipinski definition) is 2. The highest BCUT2D eigenvalue weighted by atomic mass is 35.5. The number of rotatable bonds is 13. The van der Waals surface area contributed by atoms with E-state index in [4.69, 9.17) is 30.5 Å². The second-order valence-corrected chi connectivity index (χ2v) is 19.5. The lowest BCUT2D eigenvalue weighted by atomic mass is 9.33. The zero-order valence-corrected chi connectivity index (χ0v) is 34.5. The van der Waals surface area contributed by atoms with Crippen LogP contribution in [0.5, 0.6) is 0 Å². The number of allylic oxidation sites excluding steroid dienone is 1. The largest absolute Gasteiger partial charge is 0.466 e. The second kappa shape index (κ2) is 15.2. The summed E-state index contributed by atoms with van der Waals surface area (Å²) in [7, 11) is 0. The van der Waals surface area contributed by atoms with Crippen LogP contribution in [0.25, 0.3) is 0 Å². The molecule has 0 radical (unpaired) electrons. The number of ether oxygens (including phenoxy) is 4. The number of carbonyl (C=O) groups excluding carboxylic acids is 3. The summed E-state index contributed by atoms with van der Waals surface area (Å²) >= 11 is 7.15. The zero-order valence-electron chi connectivity index (χ0n) is 32.9. The molecule has 1 amide bonds. The summed E-state index contributed by atoms with van der Waals surface area (Å²) in [5, 5.41) is 18.0. The van der Waals surface area contributed by atoms with E-state index in [1.165, 1.54) is 11.3 Å². The number of aliphatic hydroxyl groups excluding tert-OH is 1. The Balaban J connectivity index is 1.18. The zero-order chi connectivity index (χ0) is 38.6. The minimum atomic E-state index is -0.595. The van der Waals surface area contributed by atoms with Crippen molar-refractivity contribution >= 4 is 40.8 Å². The average Bonchev–Trinajstić information content (AvgIpc) is 3.76. The molecule has 1 aromatic rings. The SMILES string of the molecule is C=C(C)[C@@H]1CC[C@]2(C(=O)NCCOCCOC(=O)c3cc(Cl)cs3)CC[C@]3(C)[C@H](C[C@@H](O)[C@@H]4[C@@]5(C)C(CC(=O)OCCC)OC(C)(C)C5CC[C@]43C)[C@@H]12. The van der Waals surface area contributed by atoms with Crippen molar-refractivity contribution in [1.29, 1.82) is 0 Å². The standard InChI is InChI=1S/C42H62ClNO8S/c1-9-17-50-33(46)23-32-41(8)31(38(4,5)52-32)11-12-40(7)35(41)29(45)22-28-34-27(25(2)3)10-13-42(34,15-14-39(28,40)6)37(48)44-16-18-49-19-20-51-36(47)30-21-26(43)24-53-30/h21,24,27-29,31-32,34-35,45H,2,9-20,22-23H2,1,3-8H3,(H,44,48)/t27-,28+,29+,31?,32?,34+,35-,39+,40+,41+,42-/m0/s1. The Morgan fingerprint density at radius 3 is 2.45 bits per heavy atom. The molecule has 4 saturated carbocycles. The van der Waals surface area contributed by atoms with Gasteiger partial charge in [-0.3, -0.25) is 9.59 Å². The van der Waals surface area contributed by atoms with E-state index in [1.54, 1.807) is 11.4 Å². The maximum absolute atomic E-state index is 14.4. The van der Waals surface area contributed by atoms with Gasteiger partial charge in [0.2, 0.25) is 5.91 Å². The fraction of sp³-hybridized carbons (Fsp3) is 0.786. The van der Waals surface area contributed by atoms with Gasteiger partial charge in [0.25, 0.3) is 0 Å². The Labute approximate surface area is 325 Å². The number of hydrogen-bond acceptors (Lipinski definition) is 9. The molecule has 11 heteroatoms. The first-order valence-electron chi connectivity index (χ1n) is 19.9. The van der Waals surface area contributed by atoms with Crippen molar-refractivity contribution in [3.05, 3.63) is 33.5 Å². The molecular formula is C42H62ClNO8S. The molecule has 1 aliphatic heterocycles. The van der Waals surface area contributed by atoms with Crippen LogP contribution in [0, 0.1) is 51.2 Å². The summed E-state index contributed by atoms with van der Waals surface area (Å²) in [6, 6.07) is 1.58. The van der Waals surface area contributed by atoms with Crippen molar-refractivity contribution in [2.45, 2.75) is 124 Å². The topological polar surface area (TPSA) is 120 Å². The van der Waals surface area contributed by atoms with Crippen LogP contribution in [0.2, 0.25) is 5.02 Å². The van der Waals surface area contributed by atoms with Crippen LogP contribution in [0.1, 0.15) is 116 Å². The molecular weight excluding hydrogens is 714 g/mol. The van der Waals surface area contributed by atoms with Gasteiger partial charge in [0.1, 0.15) is 11.5 Å². The summed E-state index contributed by atoms with van der Waals surface area (Å²) in [4.78, 5) is 40.2. The highest BCUT2D eigenvalue weighted by Gasteiger charge is 2.75. The molecule has 6 rings (SSSR count). The van der Waals surface area contributed by atoms with Gasteiger partial charge in [0, 0.05) is 17.3 Å². The third-order valence-corrected chi connectivity index (χ3v) is 16.5. The predicted octanol–water partition coefficient (Wildman–Crippen LogP) is 8.02. The third kappa shape index (κ3) is 6.82. The monoisotopic (exact) mass is 775 g/mol. The quantitative estimate of drug-likeness (QED) is 0.118. The van der Waals surface area contributed by atoms with Crippen LogP contribution in [0.3, 0.4) is 0 Å². The van der Waals surface area contributed by atoms with Crippen LogP contribution >= 0.6 is 22.9 Å². The van der Waals surface area contributed by atoms with Gasteiger partial charge in [-0.2, -0.15) is 0 Å². The molecule has 0 spiro atoms. The molecule has 1 saturated heterocycles. The van der Waals surface area contributed by atoms with Gasteiger partial charge in [-0.1, -0.05) is 51.4 Å². The number of thiophene rings is 1. The fourth-order valence-electron chi connectivity index (χ4n) is 12.9. The van der Waals surface area contributed by atoms with E-state index < -0.39 is 28.5 Å². The lowest BCUT2D eigenvalue weighted by Crippen LogP contribution is -2.69. The highest BCUT2D eigenvalue weighted by molar-refractivity contribution is 7.12. The molecule has 296 valence electrons. The molecule has 0 bridgehead atoms. The van der Waals surface area contributed by atoms with Crippen molar-refractivity contribution in [3.8, 4) is 0 Å². The van der Waals surface area contributed by atoms with Gasteiger partial charge < -0.3 is 29.4 Å². The molecule has 5 aliphatic rings. The number of aliphatic hydroxyl groups is 1. The number of fused-ring (bicyclic) bond motifs is 7. The summed E-state index contributed by atoms with van der Waals surface area (Å²) in [6.45, 7) is 21.4. The van der Waals surface area contributed by atoms with E-state index >= 15 is 0 Å². The summed E-state index contributed by atoms with van der Waals surface area (Å²) in [6.07, 6.45) is 5.99. The molecule has 0 aromatic carbocycles.